The first kappa shape index (κ1) is 12.5. The standard InChI is InChI=1S/C12H11IN2OS/c1-8-15-9(7-17-8)6-14-12(16)10-4-2-3-5-11(10)13/h2-5,7H,6H2,1H3,(H,14,16). The fourth-order valence-electron chi connectivity index (χ4n) is 1.40. The van der Waals surface area contributed by atoms with Gasteiger partial charge in [-0.3, -0.25) is 4.79 Å². The fourth-order valence-corrected chi connectivity index (χ4v) is 2.65. The topological polar surface area (TPSA) is 42.0 Å². The number of aryl methyl sites for hydroxylation is 1. The van der Waals surface area contributed by atoms with Crippen molar-refractivity contribution in [2.75, 3.05) is 0 Å². The zero-order valence-electron chi connectivity index (χ0n) is 9.24. The van der Waals surface area contributed by atoms with Gasteiger partial charge in [-0.15, -0.1) is 11.3 Å². The molecule has 0 unspecified atom stereocenters. The van der Waals surface area contributed by atoms with Crippen LogP contribution in [0.5, 0.6) is 0 Å². The third-order valence-electron chi connectivity index (χ3n) is 2.22. The van der Waals surface area contributed by atoms with Crippen molar-refractivity contribution in [1.29, 1.82) is 0 Å². The van der Waals surface area contributed by atoms with E-state index in [2.05, 4.69) is 32.9 Å². The molecule has 2 rings (SSSR count). The van der Waals surface area contributed by atoms with Crippen LogP contribution in [-0.2, 0) is 6.54 Å². The number of rotatable bonds is 3. The fraction of sp³-hybridized carbons (Fsp3) is 0.167. The lowest BCUT2D eigenvalue weighted by molar-refractivity contribution is 0.0949. The minimum Gasteiger partial charge on any atom is -0.346 e. The molecule has 1 N–H and O–H groups in total. The number of nitrogens with one attached hydrogen (secondary N) is 1. The van der Waals surface area contributed by atoms with Gasteiger partial charge in [0.05, 0.1) is 22.8 Å². The van der Waals surface area contributed by atoms with Gasteiger partial charge in [0, 0.05) is 8.95 Å². The highest BCUT2D eigenvalue weighted by Gasteiger charge is 2.09. The predicted octanol–water partition coefficient (Wildman–Crippen LogP) is 2.99. The summed E-state index contributed by atoms with van der Waals surface area (Å²) in [6.45, 7) is 2.43. The van der Waals surface area contributed by atoms with Crippen LogP contribution in [-0.4, -0.2) is 10.9 Å². The molecule has 0 radical (unpaired) electrons. The summed E-state index contributed by atoms with van der Waals surface area (Å²) in [4.78, 5) is 16.2. The molecule has 0 spiro atoms. The number of hydrogen-bond donors (Lipinski definition) is 1. The molecule has 2 aromatic rings. The van der Waals surface area contributed by atoms with E-state index in [1.54, 1.807) is 11.3 Å². The Balaban J connectivity index is 2.01. The number of thiazole rings is 1. The van der Waals surface area contributed by atoms with Crippen LogP contribution in [0.2, 0.25) is 0 Å². The number of benzene rings is 1. The molecule has 1 aromatic heterocycles. The maximum absolute atomic E-state index is 11.9. The lowest BCUT2D eigenvalue weighted by atomic mass is 10.2. The third-order valence-corrected chi connectivity index (χ3v) is 3.98. The number of aromatic nitrogens is 1. The molecular formula is C12H11IN2OS. The number of amides is 1. The Morgan fingerprint density at radius 1 is 1.47 bits per heavy atom. The highest BCUT2D eigenvalue weighted by Crippen LogP contribution is 2.12. The molecule has 0 saturated heterocycles. The second-order valence-corrected chi connectivity index (χ2v) is 5.74. The minimum absolute atomic E-state index is 0.0550. The third kappa shape index (κ3) is 3.26. The van der Waals surface area contributed by atoms with E-state index < -0.39 is 0 Å². The van der Waals surface area contributed by atoms with Gasteiger partial charge in [0.25, 0.3) is 5.91 Å². The van der Waals surface area contributed by atoms with E-state index >= 15 is 0 Å². The van der Waals surface area contributed by atoms with Gasteiger partial charge in [-0.2, -0.15) is 0 Å². The van der Waals surface area contributed by atoms with Crippen molar-refractivity contribution < 1.29 is 4.79 Å². The Morgan fingerprint density at radius 3 is 2.88 bits per heavy atom. The van der Waals surface area contributed by atoms with Crippen molar-refractivity contribution in [3.8, 4) is 0 Å². The maximum atomic E-state index is 11.9. The lowest BCUT2D eigenvalue weighted by Crippen LogP contribution is -2.23. The van der Waals surface area contributed by atoms with Crippen LogP contribution in [0.15, 0.2) is 29.6 Å². The molecule has 0 fully saturated rings. The van der Waals surface area contributed by atoms with Gasteiger partial charge < -0.3 is 5.32 Å². The van der Waals surface area contributed by atoms with Gasteiger partial charge in [-0.25, -0.2) is 4.98 Å². The van der Waals surface area contributed by atoms with Crippen molar-refractivity contribution in [2.24, 2.45) is 0 Å². The maximum Gasteiger partial charge on any atom is 0.252 e. The van der Waals surface area contributed by atoms with Crippen molar-refractivity contribution in [3.05, 3.63) is 49.5 Å². The number of nitrogens with zero attached hydrogens (tertiary/aromatic N) is 1. The average molecular weight is 358 g/mol. The summed E-state index contributed by atoms with van der Waals surface area (Å²) in [7, 11) is 0. The summed E-state index contributed by atoms with van der Waals surface area (Å²) >= 11 is 3.75. The van der Waals surface area contributed by atoms with E-state index in [1.165, 1.54) is 0 Å². The second kappa shape index (κ2) is 5.59. The lowest BCUT2D eigenvalue weighted by Gasteiger charge is -2.04. The average Bonchev–Trinajstić information content (AvgIpc) is 2.73. The minimum atomic E-state index is -0.0550. The van der Waals surface area contributed by atoms with E-state index in [0.717, 1.165) is 14.3 Å². The Bertz CT molecular complexity index is 539. The molecule has 0 atom stereocenters. The predicted molar refractivity (Wildman–Crippen MR) is 77.2 cm³/mol. The molecule has 0 aliphatic heterocycles. The summed E-state index contributed by atoms with van der Waals surface area (Å²) < 4.78 is 0.956. The number of hydrogen-bond acceptors (Lipinski definition) is 3. The van der Waals surface area contributed by atoms with Crippen molar-refractivity contribution in [1.82, 2.24) is 10.3 Å². The normalized spacial score (nSPS) is 10.2. The van der Waals surface area contributed by atoms with Crippen molar-refractivity contribution >= 4 is 39.8 Å². The van der Waals surface area contributed by atoms with Gasteiger partial charge in [-0.1, -0.05) is 12.1 Å². The summed E-state index contributed by atoms with van der Waals surface area (Å²) in [6, 6.07) is 7.53. The SMILES string of the molecule is Cc1nc(CNC(=O)c2ccccc2I)cs1. The smallest absolute Gasteiger partial charge is 0.252 e. The monoisotopic (exact) mass is 358 g/mol. The molecule has 0 aliphatic rings. The first-order valence-corrected chi connectivity index (χ1v) is 7.06. The highest BCUT2D eigenvalue weighted by atomic mass is 127. The molecule has 1 aromatic carbocycles. The molecule has 88 valence electrons. The molecule has 5 heteroatoms. The van der Waals surface area contributed by atoms with Gasteiger partial charge in [-0.05, 0) is 41.6 Å². The largest absolute Gasteiger partial charge is 0.346 e. The van der Waals surface area contributed by atoms with Crippen LogP contribution in [0.3, 0.4) is 0 Å². The molecular weight excluding hydrogens is 347 g/mol. The van der Waals surface area contributed by atoms with Crippen molar-refractivity contribution in [2.45, 2.75) is 13.5 Å². The van der Waals surface area contributed by atoms with Crippen molar-refractivity contribution in [3.63, 3.8) is 0 Å². The van der Waals surface area contributed by atoms with Crippen LogP contribution in [0, 0.1) is 10.5 Å². The molecule has 1 amide bonds. The molecule has 0 bridgehead atoms. The Morgan fingerprint density at radius 2 is 2.24 bits per heavy atom. The van der Waals surface area contributed by atoms with Gasteiger partial charge in [0.1, 0.15) is 0 Å². The van der Waals surface area contributed by atoms with E-state index in [4.69, 9.17) is 0 Å². The molecule has 1 heterocycles. The molecule has 3 nitrogen and oxygen atoms in total. The zero-order chi connectivity index (χ0) is 12.3. The summed E-state index contributed by atoms with van der Waals surface area (Å²) in [5.41, 5.74) is 1.62. The van der Waals surface area contributed by atoms with Crippen LogP contribution in [0.4, 0.5) is 0 Å². The van der Waals surface area contributed by atoms with Gasteiger partial charge >= 0.3 is 0 Å². The first-order chi connectivity index (χ1) is 8.16. The number of carbonyl (C=O) groups excluding carboxylic acids is 1. The van der Waals surface area contributed by atoms with E-state index in [-0.39, 0.29) is 5.91 Å². The Labute approximate surface area is 117 Å². The Hall–Kier alpha value is -0.950. The number of halogens is 1. The van der Waals surface area contributed by atoms with Gasteiger partial charge in [0.15, 0.2) is 0 Å². The summed E-state index contributed by atoms with van der Waals surface area (Å²) in [6.07, 6.45) is 0. The quantitative estimate of drug-likeness (QED) is 0.858. The molecule has 0 aliphatic carbocycles. The summed E-state index contributed by atoms with van der Waals surface area (Å²) in [5.74, 6) is -0.0550. The van der Waals surface area contributed by atoms with Crippen LogP contribution >= 0.6 is 33.9 Å². The van der Waals surface area contributed by atoms with E-state index in [1.807, 2.05) is 36.6 Å². The second-order valence-electron chi connectivity index (χ2n) is 3.52. The molecule has 0 saturated carbocycles. The zero-order valence-corrected chi connectivity index (χ0v) is 12.2. The summed E-state index contributed by atoms with van der Waals surface area (Å²) in [5, 5.41) is 5.85. The Kier molecular flexibility index (Phi) is 4.11. The first-order valence-electron chi connectivity index (χ1n) is 5.10. The molecule has 17 heavy (non-hydrogen) atoms. The van der Waals surface area contributed by atoms with Crippen LogP contribution in [0.1, 0.15) is 21.1 Å². The van der Waals surface area contributed by atoms with Crippen LogP contribution in [0.25, 0.3) is 0 Å². The number of carbonyl (C=O) groups is 1. The van der Waals surface area contributed by atoms with E-state index in [0.29, 0.717) is 12.1 Å². The van der Waals surface area contributed by atoms with Crippen LogP contribution < -0.4 is 5.32 Å². The van der Waals surface area contributed by atoms with Gasteiger partial charge in [0.2, 0.25) is 0 Å². The highest BCUT2D eigenvalue weighted by molar-refractivity contribution is 14.1. The van der Waals surface area contributed by atoms with E-state index in [9.17, 15) is 4.79 Å².